The maximum Gasteiger partial charge on any atom is 0.408 e. The van der Waals surface area contributed by atoms with Crippen LogP contribution < -0.4 is 10.2 Å². The van der Waals surface area contributed by atoms with E-state index in [-0.39, 0.29) is 23.9 Å². The fourth-order valence-corrected chi connectivity index (χ4v) is 4.13. The Hall–Kier alpha value is -2.34. The molecule has 2 amide bonds. The third-order valence-electron chi connectivity index (χ3n) is 5.66. The summed E-state index contributed by atoms with van der Waals surface area (Å²) in [7, 11) is 0. The van der Waals surface area contributed by atoms with Gasteiger partial charge in [-0.3, -0.25) is 4.79 Å². The van der Waals surface area contributed by atoms with E-state index in [9.17, 15) is 9.59 Å². The minimum atomic E-state index is -0.573. The molecule has 0 spiro atoms. The van der Waals surface area contributed by atoms with Gasteiger partial charge in [0.15, 0.2) is 0 Å². The average Bonchev–Trinajstić information content (AvgIpc) is 2.64. The van der Waals surface area contributed by atoms with Crippen molar-refractivity contribution in [3.05, 3.63) is 35.4 Å². The average molecular weight is 401 g/mol. The molecule has 0 unspecified atom stereocenters. The van der Waals surface area contributed by atoms with Crippen LogP contribution in [0.2, 0.25) is 0 Å². The highest BCUT2D eigenvalue weighted by Gasteiger charge is 2.39. The highest BCUT2D eigenvalue weighted by Crippen LogP contribution is 2.42. The van der Waals surface area contributed by atoms with Crippen molar-refractivity contribution in [1.82, 2.24) is 5.32 Å². The van der Waals surface area contributed by atoms with E-state index >= 15 is 0 Å². The molecule has 0 saturated carbocycles. The fourth-order valence-electron chi connectivity index (χ4n) is 4.13. The first-order valence-corrected chi connectivity index (χ1v) is 10.3. The van der Waals surface area contributed by atoms with Crippen LogP contribution in [0.15, 0.2) is 24.3 Å². The van der Waals surface area contributed by atoms with Gasteiger partial charge in [0.25, 0.3) is 0 Å². The first kappa shape index (κ1) is 21.4. The summed E-state index contributed by atoms with van der Waals surface area (Å²) >= 11 is 0. The van der Waals surface area contributed by atoms with Crippen molar-refractivity contribution in [3.8, 4) is 0 Å². The van der Waals surface area contributed by atoms with Gasteiger partial charge >= 0.3 is 6.09 Å². The minimum absolute atomic E-state index is 0.000602. The lowest BCUT2D eigenvalue weighted by atomic mass is 9.81. The molecule has 2 aliphatic rings. The lowest BCUT2D eigenvalue weighted by molar-refractivity contribution is -0.117. The number of hydrogen-bond donors (Lipinski definition) is 1. The largest absolute Gasteiger partial charge is 0.444 e. The SMILES string of the molecule is CC(=O)N1c2ccc(C3=CCOCC3)cc2[C@H](NC(=O)OC(C)(C)C)[C@@H](C)[C@@H]1C. The van der Waals surface area contributed by atoms with Crippen molar-refractivity contribution < 1.29 is 19.1 Å². The summed E-state index contributed by atoms with van der Waals surface area (Å²) in [6.07, 6.45) is 2.50. The summed E-state index contributed by atoms with van der Waals surface area (Å²) in [5.41, 5.74) is 3.56. The number of nitrogens with zero attached hydrogens (tertiary/aromatic N) is 1. The number of anilines is 1. The number of nitrogens with one attached hydrogen (secondary N) is 1. The van der Waals surface area contributed by atoms with Gasteiger partial charge in [0.1, 0.15) is 5.60 Å². The molecule has 1 N–H and O–H groups in total. The number of amides is 2. The number of ether oxygens (including phenoxy) is 2. The van der Waals surface area contributed by atoms with E-state index in [2.05, 4.69) is 30.4 Å². The number of rotatable bonds is 2. The van der Waals surface area contributed by atoms with Gasteiger partial charge in [-0.25, -0.2) is 4.79 Å². The topological polar surface area (TPSA) is 67.9 Å². The molecule has 0 aliphatic carbocycles. The van der Waals surface area contributed by atoms with Crippen LogP contribution >= 0.6 is 0 Å². The predicted octanol–water partition coefficient (Wildman–Crippen LogP) is 4.45. The van der Waals surface area contributed by atoms with Crippen molar-refractivity contribution >= 4 is 23.3 Å². The maximum absolute atomic E-state index is 12.5. The third-order valence-corrected chi connectivity index (χ3v) is 5.66. The lowest BCUT2D eigenvalue weighted by Gasteiger charge is -2.44. The molecule has 0 radical (unpaired) electrons. The third kappa shape index (κ3) is 4.64. The monoisotopic (exact) mass is 400 g/mol. The van der Waals surface area contributed by atoms with E-state index in [1.165, 1.54) is 5.57 Å². The highest BCUT2D eigenvalue weighted by atomic mass is 16.6. The molecule has 0 saturated heterocycles. The summed E-state index contributed by atoms with van der Waals surface area (Å²) in [6.45, 7) is 12.5. The maximum atomic E-state index is 12.5. The van der Waals surface area contributed by atoms with Gasteiger partial charge in [0.05, 0.1) is 19.3 Å². The molecule has 1 aromatic rings. The molecule has 29 heavy (non-hydrogen) atoms. The number of carbonyl (C=O) groups is 2. The summed E-state index contributed by atoms with van der Waals surface area (Å²) in [6, 6.07) is 5.86. The van der Waals surface area contributed by atoms with Crippen molar-refractivity contribution in [2.24, 2.45) is 5.92 Å². The Labute approximate surface area is 173 Å². The zero-order valence-electron chi connectivity index (χ0n) is 18.2. The van der Waals surface area contributed by atoms with Crippen molar-refractivity contribution in [3.63, 3.8) is 0 Å². The molecular formula is C23H32N2O4. The molecular weight excluding hydrogens is 368 g/mol. The van der Waals surface area contributed by atoms with Crippen molar-refractivity contribution in [2.45, 2.75) is 65.6 Å². The van der Waals surface area contributed by atoms with Crippen LogP contribution in [-0.4, -0.2) is 36.9 Å². The molecule has 2 aliphatic heterocycles. The highest BCUT2D eigenvalue weighted by molar-refractivity contribution is 5.94. The van der Waals surface area contributed by atoms with Crippen molar-refractivity contribution in [1.29, 1.82) is 0 Å². The Morgan fingerprint density at radius 1 is 1.24 bits per heavy atom. The van der Waals surface area contributed by atoms with E-state index < -0.39 is 11.7 Å². The number of hydrogen-bond acceptors (Lipinski definition) is 4. The molecule has 0 fully saturated rings. The molecule has 1 aromatic carbocycles. The quantitative estimate of drug-likeness (QED) is 0.797. The first-order valence-electron chi connectivity index (χ1n) is 10.3. The molecule has 0 bridgehead atoms. The van der Waals surface area contributed by atoms with Crippen molar-refractivity contribution in [2.75, 3.05) is 18.1 Å². The van der Waals surface area contributed by atoms with Gasteiger partial charge in [0, 0.05) is 24.6 Å². The van der Waals surface area contributed by atoms with E-state index in [4.69, 9.17) is 9.47 Å². The Morgan fingerprint density at radius 3 is 2.55 bits per heavy atom. The van der Waals surface area contributed by atoms with Crippen LogP contribution in [0, 0.1) is 5.92 Å². The lowest BCUT2D eigenvalue weighted by Crippen LogP contribution is -2.51. The molecule has 0 aromatic heterocycles. The second kappa shape index (κ2) is 8.19. The van der Waals surface area contributed by atoms with Gasteiger partial charge in [-0.15, -0.1) is 0 Å². The summed E-state index contributed by atoms with van der Waals surface area (Å²) in [5, 5.41) is 3.06. The van der Waals surface area contributed by atoms with E-state index in [1.54, 1.807) is 6.92 Å². The molecule has 2 heterocycles. The summed E-state index contributed by atoms with van der Waals surface area (Å²) < 4.78 is 10.9. The number of alkyl carbamates (subject to hydrolysis) is 1. The normalized spacial score (nSPS) is 24.4. The van der Waals surface area contributed by atoms with Crippen LogP contribution in [-0.2, 0) is 14.3 Å². The van der Waals surface area contributed by atoms with Gasteiger partial charge in [-0.05, 0) is 62.9 Å². The fraction of sp³-hybridized carbons (Fsp3) is 0.565. The smallest absolute Gasteiger partial charge is 0.408 e. The van der Waals surface area contributed by atoms with Gasteiger partial charge in [0.2, 0.25) is 5.91 Å². The minimum Gasteiger partial charge on any atom is -0.444 e. The van der Waals surface area contributed by atoms with Crippen LogP contribution in [0.5, 0.6) is 0 Å². The Bertz CT molecular complexity index is 825. The number of fused-ring (bicyclic) bond motifs is 1. The number of carbonyl (C=O) groups excluding carboxylic acids is 2. The molecule has 158 valence electrons. The molecule has 3 atom stereocenters. The van der Waals surface area contributed by atoms with E-state index in [0.717, 1.165) is 23.2 Å². The molecule has 6 heteroatoms. The summed E-state index contributed by atoms with van der Waals surface area (Å²) in [5.74, 6) is 0.0252. The zero-order valence-corrected chi connectivity index (χ0v) is 18.2. The molecule has 3 rings (SSSR count). The van der Waals surface area contributed by atoms with Crippen LogP contribution in [0.1, 0.15) is 65.1 Å². The van der Waals surface area contributed by atoms with Gasteiger partial charge in [-0.1, -0.05) is 19.1 Å². The van der Waals surface area contributed by atoms with Gasteiger partial charge < -0.3 is 19.7 Å². The Kier molecular flexibility index (Phi) is 6.03. The standard InChI is InChI=1S/C23H32N2O4/c1-14-15(2)25(16(3)26)20-8-7-18(17-9-11-28-12-10-17)13-19(20)21(14)24-22(27)29-23(4,5)6/h7-9,13-15,21H,10-12H2,1-6H3,(H,24,27)/t14-,15-,21+/m0/s1. The second-order valence-corrected chi connectivity index (χ2v) is 8.94. The Balaban J connectivity index is 2.02. The first-order chi connectivity index (χ1) is 13.6. The van der Waals surface area contributed by atoms with E-state index in [1.807, 2.05) is 38.7 Å². The number of benzene rings is 1. The van der Waals surface area contributed by atoms with E-state index in [0.29, 0.717) is 13.2 Å². The van der Waals surface area contributed by atoms with Crippen LogP contribution in [0.3, 0.4) is 0 Å². The van der Waals surface area contributed by atoms with Crippen LogP contribution in [0.25, 0.3) is 5.57 Å². The van der Waals surface area contributed by atoms with Gasteiger partial charge in [-0.2, -0.15) is 0 Å². The predicted molar refractivity (Wildman–Crippen MR) is 114 cm³/mol. The second-order valence-electron chi connectivity index (χ2n) is 8.94. The zero-order chi connectivity index (χ0) is 21.3. The van der Waals surface area contributed by atoms with Crippen LogP contribution in [0.4, 0.5) is 10.5 Å². The molecule has 6 nitrogen and oxygen atoms in total. The summed E-state index contributed by atoms with van der Waals surface area (Å²) in [4.78, 5) is 26.8. The Morgan fingerprint density at radius 2 is 1.97 bits per heavy atom.